The summed E-state index contributed by atoms with van der Waals surface area (Å²) in [5, 5.41) is 25.9. The van der Waals surface area contributed by atoms with Crippen LogP contribution >= 0.6 is 11.3 Å². The molecule has 39 heavy (non-hydrogen) atoms. The van der Waals surface area contributed by atoms with Crippen LogP contribution in [0.4, 0.5) is 24.8 Å². The maximum atomic E-state index is 13.1. The van der Waals surface area contributed by atoms with Crippen molar-refractivity contribution in [2.75, 3.05) is 5.32 Å². The highest BCUT2D eigenvalue weighted by Crippen LogP contribution is 2.43. The third-order valence-electron chi connectivity index (χ3n) is 6.39. The predicted octanol–water partition coefficient (Wildman–Crippen LogP) is 5.45. The molecule has 1 aromatic carbocycles. The maximum Gasteiger partial charge on any atom is 0.416 e. The number of fused-ring (bicyclic) bond motifs is 1. The number of hydrogen-bond acceptors (Lipinski definition) is 8. The highest BCUT2D eigenvalue weighted by atomic mass is 32.1. The molecular weight excluding hydrogens is 529 g/mol. The van der Waals surface area contributed by atoms with Gasteiger partial charge < -0.3 is 10.4 Å². The lowest BCUT2D eigenvalue weighted by Gasteiger charge is -2.33. The lowest BCUT2D eigenvalue weighted by Crippen LogP contribution is -2.32. The van der Waals surface area contributed by atoms with E-state index in [1.54, 1.807) is 36.7 Å². The number of alkyl halides is 3. The summed E-state index contributed by atoms with van der Waals surface area (Å²) in [5.74, 6) is -0.187. The number of aliphatic hydroxyl groups is 1. The summed E-state index contributed by atoms with van der Waals surface area (Å²) in [7, 11) is 0. The molecule has 0 saturated carbocycles. The molecule has 1 atom stereocenters. The van der Waals surface area contributed by atoms with Crippen LogP contribution in [0.3, 0.4) is 0 Å². The first kappa shape index (κ1) is 26.3. The van der Waals surface area contributed by atoms with Gasteiger partial charge in [-0.3, -0.25) is 10.1 Å². The summed E-state index contributed by atoms with van der Waals surface area (Å²) in [4.78, 5) is 25.8. The first-order valence-electron chi connectivity index (χ1n) is 11.9. The number of hydrogen-bond donors (Lipinski definition) is 3. The van der Waals surface area contributed by atoms with Crippen molar-refractivity contribution in [1.29, 1.82) is 5.26 Å². The summed E-state index contributed by atoms with van der Waals surface area (Å²) in [6, 6.07) is 10.3. The van der Waals surface area contributed by atoms with Crippen LogP contribution in [0.5, 0.6) is 0 Å². The first-order valence-corrected chi connectivity index (χ1v) is 12.7. The van der Waals surface area contributed by atoms with Crippen molar-refractivity contribution >= 4 is 28.9 Å². The highest BCUT2D eigenvalue weighted by Gasteiger charge is 2.39. The molecule has 3 heterocycles. The number of nitriles is 1. The number of rotatable bonds is 5. The number of thiazole rings is 1. The third kappa shape index (κ3) is 5.32. The van der Waals surface area contributed by atoms with E-state index in [0.29, 0.717) is 51.8 Å². The monoisotopic (exact) mass is 550 g/mol. The second-order valence-electron chi connectivity index (χ2n) is 9.15. The van der Waals surface area contributed by atoms with Crippen molar-refractivity contribution in [3.8, 4) is 16.8 Å². The van der Waals surface area contributed by atoms with E-state index in [0.717, 1.165) is 29.5 Å². The zero-order chi connectivity index (χ0) is 27.8. The lowest BCUT2D eigenvalue weighted by molar-refractivity contribution is -0.137. The van der Waals surface area contributed by atoms with E-state index in [1.807, 2.05) is 13.0 Å². The number of aryl methyl sites for hydroxylation is 2. The second-order valence-corrected chi connectivity index (χ2v) is 10.2. The zero-order valence-corrected chi connectivity index (χ0v) is 21.3. The van der Waals surface area contributed by atoms with Crippen molar-refractivity contribution in [1.82, 2.24) is 20.3 Å². The first-order chi connectivity index (χ1) is 18.6. The third-order valence-corrected chi connectivity index (χ3v) is 7.56. The second kappa shape index (κ2) is 10.1. The number of nitrogens with zero attached hydrogens (tertiary/aromatic N) is 4. The summed E-state index contributed by atoms with van der Waals surface area (Å²) < 4.78 is 39.3. The minimum atomic E-state index is -4.49. The number of amides is 1. The molecule has 0 radical (unpaired) electrons. The Morgan fingerprint density at radius 3 is 2.74 bits per heavy atom. The van der Waals surface area contributed by atoms with Crippen molar-refractivity contribution in [2.45, 2.75) is 38.0 Å². The number of benzene rings is 1. The zero-order valence-electron chi connectivity index (χ0n) is 20.5. The van der Waals surface area contributed by atoms with Crippen molar-refractivity contribution in [3.05, 3.63) is 87.7 Å². The molecule has 3 N–H and O–H groups in total. The molecular formula is C27H21F3N6O2S. The Bertz CT molecular complexity index is 1610. The Morgan fingerprint density at radius 1 is 1.15 bits per heavy atom. The quantitative estimate of drug-likeness (QED) is 0.223. The molecule has 0 saturated heterocycles. The van der Waals surface area contributed by atoms with Crippen molar-refractivity contribution < 1.29 is 23.1 Å². The summed E-state index contributed by atoms with van der Waals surface area (Å²) in [5.41, 5.74) is 0.953. The van der Waals surface area contributed by atoms with Crippen LogP contribution in [0.25, 0.3) is 10.6 Å². The number of carbonyl (C=O) groups is 1. The largest absolute Gasteiger partial charge is 0.416 e. The van der Waals surface area contributed by atoms with E-state index in [2.05, 4.69) is 25.6 Å². The molecule has 198 valence electrons. The van der Waals surface area contributed by atoms with Crippen molar-refractivity contribution in [2.24, 2.45) is 0 Å². The molecule has 0 unspecified atom stereocenters. The molecule has 8 nitrogen and oxygen atoms in total. The van der Waals surface area contributed by atoms with E-state index in [4.69, 9.17) is 5.26 Å². The topological polar surface area (TPSA) is 124 Å². The van der Waals surface area contributed by atoms with Crippen LogP contribution in [0.1, 0.15) is 50.5 Å². The standard InChI is InChI=1S/C27H21F3N6O2S/c1-15-9-20(35-23(10-15)36-22-12-18(6-8-32-22)27(28,29)30)21-13-33-25(39-21)26(38)7-2-3-16-11-17(4-5-19(16)26)24(37)34-14-31/h4-6,8-13,38H,2-3,7H2,1H3,(H,34,37)(H,32,35,36)/t26-/m0/s1. The van der Waals surface area contributed by atoms with Gasteiger partial charge in [-0.25, -0.2) is 15.0 Å². The summed E-state index contributed by atoms with van der Waals surface area (Å²) in [6.07, 6.45) is 1.59. The van der Waals surface area contributed by atoms with Gasteiger partial charge in [0.05, 0.1) is 16.1 Å². The average molecular weight is 551 g/mol. The van der Waals surface area contributed by atoms with Gasteiger partial charge in [-0.2, -0.15) is 18.4 Å². The fraction of sp³-hybridized carbons (Fsp3) is 0.222. The fourth-order valence-corrected chi connectivity index (χ4v) is 5.62. The van der Waals surface area contributed by atoms with Crippen LogP contribution < -0.4 is 10.6 Å². The van der Waals surface area contributed by atoms with Crippen molar-refractivity contribution in [3.63, 3.8) is 0 Å². The molecule has 5 rings (SSSR count). The number of halogens is 3. The van der Waals surface area contributed by atoms with Gasteiger partial charge in [0.25, 0.3) is 5.91 Å². The van der Waals surface area contributed by atoms with Gasteiger partial charge in [0, 0.05) is 18.0 Å². The van der Waals surface area contributed by atoms with E-state index in [-0.39, 0.29) is 5.82 Å². The van der Waals surface area contributed by atoms with Gasteiger partial charge in [-0.15, -0.1) is 11.3 Å². The molecule has 0 spiro atoms. The van der Waals surface area contributed by atoms with Gasteiger partial charge in [-0.1, -0.05) is 6.07 Å². The predicted molar refractivity (Wildman–Crippen MR) is 138 cm³/mol. The molecule has 1 amide bonds. The molecule has 12 heteroatoms. The lowest BCUT2D eigenvalue weighted by atomic mass is 9.79. The average Bonchev–Trinajstić information content (AvgIpc) is 3.40. The molecule has 0 bridgehead atoms. The van der Waals surface area contributed by atoms with Gasteiger partial charge >= 0.3 is 6.18 Å². The van der Waals surface area contributed by atoms with Crippen LogP contribution in [0.2, 0.25) is 0 Å². The smallest absolute Gasteiger partial charge is 0.378 e. The highest BCUT2D eigenvalue weighted by molar-refractivity contribution is 7.15. The van der Waals surface area contributed by atoms with Crippen LogP contribution in [0, 0.1) is 18.4 Å². The van der Waals surface area contributed by atoms with Gasteiger partial charge in [0.2, 0.25) is 0 Å². The van der Waals surface area contributed by atoms with Crippen LogP contribution in [-0.2, 0) is 18.2 Å². The minimum Gasteiger partial charge on any atom is -0.378 e. The van der Waals surface area contributed by atoms with Crippen LogP contribution in [-0.4, -0.2) is 26.0 Å². The fourth-order valence-electron chi connectivity index (χ4n) is 4.61. The number of anilines is 2. The maximum absolute atomic E-state index is 13.1. The SMILES string of the molecule is Cc1cc(Nc2cc(C(F)(F)F)ccn2)nc(-c2cnc([C@]3(O)CCCc4cc(C(=O)NC#N)ccc43)s2)c1. The van der Waals surface area contributed by atoms with E-state index >= 15 is 0 Å². The Morgan fingerprint density at radius 2 is 1.97 bits per heavy atom. The number of carbonyl (C=O) groups excluding carboxylic acids is 1. The Labute approximate surface area is 225 Å². The molecule has 3 aromatic heterocycles. The Balaban J connectivity index is 1.44. The van der Waals surface area contributed by atoms with E-state index in [1.165, 1.54) is 11.3 Å². The molecule has 0 fully saturated rings. The Kier molecular flexibility index (Phi) is 6.80. The molecule has 4 aromatic rings. The minimum absolute atomic E-state index is 0.00909. The van der Waals surface area contributed by atoms with E-state index < -0.39 is 23.2 Å². The number of nitrogens with one attached hydrogen (secondary N) is 2. The summed E-state index contributed by atoms with van der Waals surface area (Å²) in [6.45, 7) is 1.84. The van der Waals surface area contributed by atoms with Gasteiger partial charge in [0.1, 0.15) is 22.2 Å². The Hall–Kier alpha value is -4.34. The molecule has 1 aliphatic carbocycles. The van der Waals surface area contributed by atoms with Crippen LogP contribution in [0.15, 0.2) is 54.9 Å². The number of aromatic nitrogens is 3. The summed E-state index contributed by atoms with van der Waals surface area (Å²) >= 11 is 1.26. The molecule has 0 aliphatic heterocycles. The molecule has 1 aliphatic rings. The van der Waals surface area contributed by atoms with Gasteiger partial charge in [0.15, 0.2) is 6.19 Å². The van der Waals surface area contributed by atoms with Gasteiger partial charge in [-0.05, 0) is 79.3 Å². The normalized spacial score (nSPS) is 16.7. The van der Waals surface area contributed by atoms with E-state index in [9.17, 15) is 23.1 Å². The number of pyridine rings is 2.